The molecule has 2 heterocycles. The molecular formula is C26H26N2O8S2. The van der Waals surface area contributed by atoms with Gasteiger partial charge in [-0.2, -0.15) is 4.31 Å². The van der Waals surface area contributed by atoms with Crippen LogP contribution in [0, 0.1) is 0 Å². The predicted molar refractivity (Wildman–Crippen MR) is 141 cm³/mol. The Balaban J connectivity index is 1.40. The molecule has 12 heteroatoms. The quantitative estimate of drug-likeness (QED) is 0.396. The minimum Gasteiger partial charge on any atom is -0.462 e. The number of nitrogens with one attached hydrogen (secondary N) is 1. The minimum atomic E-state index is -3.70. The predicted octanol–water partition coefficient (Wildman–Crippen LogP) is 3.41. The molecule has 0 radical (unpaired) electrons. The van der Waals surface area contributed by atoms with Crippen LogP contribution in [-0.2, 0) is 29.0 Å². The first-order valence-electron chi connectivity index (χ1n) is 11.8. The van der Waals surface area contributed by atoms with E-state index in [4.69, 9.17) is 14.2 Å². The first kappa shape index (κ1) is 27.5. The van der Waals surface area contributed by atoms with Gasteiger partial charge >= 0.3 is 11.9 Å². The Morgan fingerprint density at radius 1 is 0.974 bits per heavy atom. The Morgan fingerprint density at radius 3 is 2.32 bits per heavy atom. The van der Waals surface area contributed by atoms with Gasteiger partial charge in [-0.25, -0.2) is 18.0 Å². The summed E-state index contributed by atoms with van der Waals surface area (Å²) in [4.78, 5) is 37.7. The summed E-state index contributed by atoms with van der Waals surface area (Å²) in [5, 5.41) is 4.64. The zero-order chi connectivity index (χ0) is 27.1. The van der Waals surface area contributed by atoms with Gasteiger partial charge in [0.2, 0.25) is 10.0 Å². The number of anilines is 1. The third-order valence-electron chi connectivity index (χ3n) is 5.64. The molecule has 1 aliphatic heterocycles. The number of hydrogen-bond donors (Lipinski definition) is 1. The van der Waals surface area contributed by atoms with Gasteiger partial charge in [0.15, 0.2) is 6.61 Å². The highest BCUT2D eigenvalue weighted by Gasteiger charge is 2.27. The van der Waals surface area contributed by atoms with Crippen molar-refractivity contribution in [2.24, 2.45) is 0 Å². The fourth-order valence-corrected chi connectivity index (χ4v) is 6.14. The van der Waals surface area contributed by atoms with Gasteiger partial charge in [0, 0.05) is 24.0 Å². The van der Waals surface area contributed by atoms with Crippen LogP contribution in [0.4, 0.5) is 5.00 Å². The molecule has 2 aromatic carbocycles. The highest BCUT2D eigenvalue weighted by atomic mass is 32.2. The fourth-order valence-electron chi connectivity index (χ4n) is 3.76. The molecule has 1 aromatic heterocycles. The molecule has 200 valence electrons. The molecule has 1 aliphatic rings. The van der Waals surface area contributed by atoms with Crippen molar-refractivity contribution in [3.8, 4) is 11.1 Å². The zero-order valence-corrected chi connectivity index (χ0v) is 22.2. The molecule has 0 aliphatic carbocycles. The van der Waals surface area contributed by atoms with Gasteiger partial charge in [-0.15, -0.1) is 11.3 Å². The van der Waals surface area contributed by atoms with Gasteiger partial charge in [-0.1, -0.05) is 30.3 Å². The molecule has 0 bridgehead atoms. The van der Waals surface area contributed by atoms with Crippen molar-refractivity contribution in [1.82, 2.24) is 4.31 Å². The summed E-state index contributed by atoms with van der Waals surface area (Å²) in [5.41, 5.74) is 1.72. The number of esters is 2. The van der Waals surface area contributed by atoms with Crippen LogP contribution in [-0.4, -0.2) is 70.1 Å². The molecule has 1 fully saturated rings. The van der Waals surface area contributed by atoms with Crippen molar-refractivity contribution in [2.75, 3.05) is 44.8 Å². The average molecular weight is 559 g/mol. The number of rotatable bonds is 9. The van der Waals surface area contributed by atoms with E-state index in [-0.39, 0.29) is 40.7 Å². The first-order chi connectivity index (χ1) is 18.3. The lowest BCUT2D eigenvalue weighted by molar-refractivity contribution is -0.119. The lowest BCUT2D eigenvalue weighted by Gasteiger charge is -2.26. The molecule has 3 aromatic rings. The van der Waals surface area contributed by atoms with E-state index in [0.717, 1.165) is 16.9 Å². The molecule has 0 spiro atoms. The van der Waals surface area contributed by atoms with Crippen molar-refractivity contribution in [1.29, 1.82) is 0 Å². The Labute approximate surface area is 224 Å². The maximum atomic E-state index is 12.7. The van der Waals surface area contributed by atoms with Crippen molar-refractivity contribution in [2.45, 2.75) is 11.8 Å². The summed E-state index contributed by atoms with van der Waals surface area (Å²) < 4.78 is 42.3. The smallest absolute Gasteiger partial charge is 0.341 e. The number of hydrogen-bond acceptors (Lipinski definition) is 9. The van der Waals surface area contributed by atoms with Crippen LogP contribution in [0.5, 0.6) is 0 Å². The van der Waals surface area contributed by atoms with E-state index in [1.165, 1.54) is 28.6 Å². The number of benzene rings is 2. The molecule has 10 nitrogen and oxygen atoms in total. The van der Waals surface area contributed by atoms with E-state index in [2.05, 4.69) is 5.32 Å². The van der Waals surface area contributed by atoms with Crippen LogP contribution in [0.3, 0.4) is 0 Å². The number of nitrogens with zero attached hydrogens (tertiary/aromatic N) is 1. The standard InChI is InChI=1S/C26H26N2O8S2/c1-2-35-26(31)23-21(18-6-4-3-5-7-18)17-37-24(23)27-22(29)16-36-25(30)19-8-10-20(11-9-19)38(32,33)28-12-14-34-15-13-28/h3-11,17H,2,12-16H2,1H3,(H,27,29). The van der Waals surface area contributed by atoms with E-state index < -0.39 is 34.5 Å². The second-order valence-electron chi connectivity index (χ2n) is 8.11. The summed E-state index contributed by atoms with van der Waals surface area (Å²) in [6, 6.07) is 14.5. The van der Waals surface area contributed by atoms with E-state index in [9.17, 15) is 22.8 Å². The number of morpholine rings is 1. The molecular weight excluding hydrogens is 532 g/mol. The average Bonchev–Trinajstić information content (AvgIpc) is 3.36. The largest absolute Gasteiger partial charge is 0.462 e. The maximum Gasteiger partial charge on any atom is 0.341 e. The Bertz CT molecular complexity index is 1400. The SMILES string of the molecule is CCOC(=O)c1c(-c2ccccc2)csc1NC(=O)COC(=O)c1ccc(S(=O)(=O)N2CCOCC2)cc1. The van der Waals surface area contributed by atoms with Crippen LogP contribution >= 0.6 is 11.3 Å². The third kappa shape index (κ3) is 6.27. The van der Waals surface area contributed by atoms with Gasteiger partial charge in [0.25, 0.3) is 5.91 Å². The minimum absolute atomic E-state index is 0.0482. The molecule has 0 atom stereocenters. The molecule has 0 saturated carbocycles. The number of ether oxygens (including phenoxy) is 3. The summed E-state index contributed by atoms with van der Waals surface area (Å²) in [5.74, 6) is -2.01. The third-order valence-corrected chi connectivity index (χ3v) is 8.45. The normalized spacial score (nSPS) is 14.0. The first-order valence-corrected chi connectivity index (χ1v) is 14.1. The number of carbonyl (C=O) groups is 3. The van der Waals surface area contributed by atoms with Crippen LogP contribution in [0.15, 0.2) is 64.9 Å². The van der Waals surface area contributed by atoms with E-state index in [1.807, 2.05) is 30.3 Å². The monoisotopic (exact) mass is 558 g/mol. The van der Waals surface area contributed by atoms with Gasteiger partial charge < -0.3 is 19.5 Å². The topological polar surface area (TPSA) is 128 Å². The van der Waals surface area contributed by atoms with Gasteiger partial charge in [0.1, 0.15) is 10.6 Å². The Morgan fingerprint density at radius 2 is 1.66 bits per heavy atom. The van der Waals surface area contributed by atoms with E-state index in [1.54, 1.807) is 12.3 Å². The second-order valence-corrected chi connectivity index (χ2v) is 10.9. The van der Waals surface area contributed by atoms with E-state index >= 15 is 0 Å². The maximum absolute atomic E-state index is 12.7. The van der Waals surface area contributed by atoms with Crippen LogP contribution in [0.1, 0.15) is 27.6 Å². The lowest BCUT2D eigenvalue weighted by atomic mass is 10.0. The van der Waals surface area contributed by atoms with Gasteiger partial charge in [-0.3, -0.25) is 4.79 Å². The van der Waals surface area contributed by atoms with Gasteiger partial charge in [0.05, 0.1) is 30.3 Å². The van der Waals surface area contributed by atoms with Crippen molar-refractivity contribution < 1.29 is 37.0 Å². The summed E-state index contributed by atoms with van der Waals surface area (Å²) in [6.45, 7) is 2.42. The number of carbonyl (C=O) groups excluding carboxylic acids is 3. The summed E-state index contributed by atoms with van der Waals surface area (Å²) >= 11 is 1.16. The highest BCUT2D eigenvalue weighted by Crippen LogP contribution is 2.36. The van der Waals surface area contributed by atoms with Crippen LogP contribution in [0.2, 0.25) is 0 Å². The highest BCUT2D eigenvalue weighted by molar-refractivity contribution is 7.89. The zero-order valence-electron chi connectivity index (χ0n) is 20.5. The number of amides is 1. The van der Waals surface area contributed by atoms with Crippen molar-refractivity contribution in [3.63, 3.8) is 0 Å². The Hall–Kier alpha value is -3.58. The molecule has 0 unspecified atom stereocenters. The van der Waals surface area contributed by atoms with Crippen LogP contribution < -0.4 is 5.32 Å². The Kier molecular flexibility index (Phi) is 8.89. The van der Waals surface area contributed by atoms with Crippen LogP contribution in [0.25, 0.3) is 11.1 Å². The molecule has 1 amide bonds. The summed E-state index contributed by atoms with van der Waals surface area (Å²) in [7, 11) is -3.70. The van der Waals surface area contributed by atoms with Gasteiger partial charge in [-0.05, 0) is 36.8 Å². The van der Waals surface area contributed by atoms with Crippen molar-refractivity contribution >= 4 is 44.2 Å². The van der Waals surface area contributed by atoms with E-state index in [0.29, 0.717) is 18.8 Å². The molecule has 4 rings (SSSR count). The van der Waals surface area contributed by atoms with Crippen molar-refractivity contribution in [3.05, 3.63) is 71.1 Å². The lowest BCUT2D eigenvalue weighted by Crippen LogP contribution is -2.40. The second kappa shape index (κ2) is 12.3. The summed E-state index contributed by atoms with van der Waals surface area (Å²) in [6.07, 6.45) is 0. The number of sulfonamides is 1. The molecule has 1 N–H and O–H groups in total. The molecule has 38 heavy (non-hydrogen) atoms. The molecule has 1 saturated heterocycles. The number of thiophene rings is 1. The fraction of sp³-hybridized carbons (Fsp3) is 0.269.